The van der Waals surface area contributed by atoms with Crippen LogP contribution >= 0.6 is 0 Å². The molecule has 2 bridgehead atoms. The minimum atomic E-state index is -4.55. The maximum Gasteiger partial charge on any atom is 0.421 e. The number of urea groups is 1. The average molecular weight is 498 g/mol. The number of primary amides is 1. The van der Waals surface area contributed by atoms with Crippen LogP contribution in [0.1, 0.15) is 52.4 Å². The average Bonchev–Trinajstić information content (AvgIpc) is 2.93. The molecular weight excluding hydrogens is 466 g/mol. The van der Waals surface area contributed by atoms with Crippen LogP contribution in [0.4, 0.5) is 4.79 Å². The van der Waals surface area contributed by atoms with E-state index in [2.05, 4.69) is 0 Å². The van der Waals surface area contributed by atoms with E-state index in [0.717, 1.165) is 17.9 Å². The number of nitrogens with two attached hydrogens (primary N) is 1. The molecule has 4 saturated carbocycles. The Morgan fingerprint density at radius 1 is 1.12 bits per heavy atom. The number of esters is 1. The smallest absolute Gasteiger partial charge is 0.421 e. The molecule has 6 aliphatic rings. The molecule has 34 heavy (non-hydrogen) atoms. The first-order chi connectivity index (χ1) is 15.9. The van der Waals surface area contributed by atoms with E-state index in [1.165, 1.54) is 17.7 Å². The fourth-order valence-corrected chi connectivity index (χ4v) is 8.98. The van der Waals surface area contributed by atoms with Crippen LogP contribution < -0.4 is 5.73 Å². The molecule has 2 saturated heterocycles. The molecule has 12 heteroatoms. The van der Waals surface area contributed by atoms with Crippen molar-refractivity contribution in [2.24, 2.45) is 39.7 Å². The van der Waals surface area contributed by atoms with Gasteiger partial charge in [-0.3, -0.25) is 9.59 Å². The summed E-state index contributed by atoms with van der Waals surface area (Å²) < 4.78 is 40.6. The second-order valence-corrected chi connectivity index (χ2v) is 13.1. The number of ether oxygens (including phenoxy) is 1. The Kier molecular flexibility index (Phi) is 4.54. The third kappa shape index (κ3) is 2.76. The van der Waals surface area contributed by atoms with Gasteiger partial charge in [0.2, 0.25) is 5.91 Å². The van der Waals surface area contributed by atoms with E-state index in [1.54, 1.807) is 13.8 Å². The summed E-state index contributed by atoms with van der Waals surface area (Å²) in [5, 5.41) is 0.747. The molecular formula is C22H31N3O8S. The Labute approximate surface area is 198 Å². The van der Waals surface area contributed by atoms with Crippen molar-refractivity contribution in [1.82, 2.24) is 9.96 Å². The van der Waals surface area contributed by atoms with Crippen molar-refractivity contribution in [1.29, 1.82) is 0 Å². The van der Waals surface area contributed by atoms with Gasteiger partial charge in [-0.05, 0) is 61.7 Å². The topological polar surface area (TPSA) is 146 Å². The Balaban J connectivity index is 1.01. The van der Waals surface area contributed by atoms with Crippen LogP contribution in [0.5, 0.6) is 0 Å². The van der Waals surface area contributed by atoms with Crippen LogP contribution in [0.3, 0.4) is 0 Å². The van der Waals surface area contributed by atoms with Crippen molar-refractivity contribution in [3.63, 3.8) is 0 Å². The Hall–Kier alpha value is -1.92. The number of fused-ring (bicyclic) bond motifs is 2. The summed E-state index contributed by atoms with van der Waals surface area (Å²) >= 11 is 0. The highest BCUT2D eigenvalue weighted by atomic mass is 32.3. The van der Waals surface area contributed by atoms with Crippen molar-refractivity contribution in [2.45, 2.75) is 64.5 Å². The summed E-state index contributed by atoms with van der Waals surface area (Å²) in [5.74, 6) is 1.29. The highest BCUT2D eigenvalue weighted by Gasteiger charge is 2.90. The van der Waals surface area contributed by atoms with Gasteiger partial charge in [0, 0.05) is 12.0 Å². The molecule has 0 aromatic heterocycles. The van der Waals surface area contributed by atoms with Gasteiger partial charge in [-0.15, -0.1) is 4.28 Å². The number of nitrogens with zero attached hydrogens (tertiary/aromatic N) is 2. The predicted octanol–water partition coefficient (Wildman–Crippen LogP) is 0.939. The molecule has 0 radical (unpaired) electrons. The summed E-state index contributed by atoms with van der Waals surface area (Å²) in [4.78, 5) is 38.3. The number of rotatable bonds is 9. The van der Waals surface area contributed by atoms with E-state index in [-0.39, 0.29) is 36.6 Å². The lowest BCUT2D eigenvalue weighted by Crippen LogP contribution is -2.87. The van der Waals surface area contributed by atoms with Gasteiger partial charge in [0.15, 0.2) is 0 Å². The maximum absolute atomic E-state index is 13.0. The quantitative estimate of drug-likeness (QED) is 0.463. The van der Waals surface area contributed by atoms with Crippen LogP contribution in [0.25, 0.3) is 0 Å². The van der Waals surface area contributed by atoms with E-state index in [9.17, 15) is 22.8 Å². The number of piperidine rings is 1. The molecule has 4 aliphatic carbocycles. The van der Waals surface area contributed by atoms with Gasteiger partial charge in [-0.2, -0.15) is 13.5 Å². The maximum atomic E-state index is 13.0. The van der Waals surface area contributed by atoms with Crippen molar-refractivity contribution in [2.75, 3.05) is 19.8 Å². The highest BCUT2D eigenvalue weighted by Crippen LogP contribution is 2.93. The third-order valence-corrected chi connectivity index (χ3v) is 10.3. The number of carbonyl (C=O) groups is 3. The second-order valence-electron chi connectivity index (χ2n) is 11.9. The van der Waals surface area contributed by atoms with Crippen LogP contribution in [0.15, 0.2) is 0 Å². The summed E-state index contributed by atoms with van der Waals surface area (Å²) in [7, 11) is -4.55. The number of hydroxylamine groups is 2. The van der Waals surface area contributed by atoms with Crippen LogP contribution in [-0.2, 0) is 33.2 Å². The molecule has 11 nitrogen and oxygen atoms in total. The zero-order chi connectivity index (χ0) is 24.3. The van der Waals surface area contributed by atoms with Crippen molar-refractivity contribution >= 4 is 28.3 Å². The van der Waals surface area contributed by atoms with E-state index >= 15 is 0 Å². The molecule has 6 rings (SSSR count). The van der Waals surface area contributed by atoms with Crippen LogP contribution in [-0.4, -0.2) is 68.1 Å². The summed E-state index contributed by atoms with van der Waals surface area (Å²) in [6, 6.07) is -2.01. The number of carbonyl (C=O) groups excluding carboxylic acids is 3. The summed E-state index contributed by atoms with van der Waals surface area (Å²) in [5.41, 5.74) is 4.48. The van der Waals surface area contributed by atoms with Gasteiger partial charge in [-0.25, -0.2) is 8.98 Å². The molecule has 2 unspecified atom stereocenters. The first-order valence-electron chi connectivity index (χ1n) is 12.1. The van der Waals surface area contributed by atoms with E-state index in [1.807, 2.05) is 0 Å². The summed E-state index contributed by atoms with van der Waals surface area (Å²) in [6.45, 7) is 3.39. The lowest BCUT2D eigenvalue weighted by atomic mass is 9.13. The number of amides is 3. The van der Waals surface area contributed by atoms with Gasteiger partial charge in [0.1, 0.15) is 6.04 Å². The van der Waals surface area contributed by atoms with Gasteiger partial charge in [-0.1, -0.05) is 13.8 Å². The Bertz CT molecular complexity index is 1050. The Morgan fingerprint density at radius 3 is 2.38 bits per heavy atom. The minimum absolute atomic E-state index is 0.0263. The zero-order valence-corrected chi connectivity index (χ0v) is 20.2. The molecule has 3 amide bonds. The Morgan fingerprint density at radius 2 is 1.79 bits per heavy atom. The van der Waals surface area contributed by atoms with Gasteiger partial charge < -0.3 is 15.4 Å². The molecule has 4 atom stereocenters. The van der Waals surface area contributed by atoms with E-state index < -0.39 is 39.8 Å². The predicted molar refractivity (Wildman–Crippen MR) is 114 cm³/mol. The SMILES string of the molecule is CC(C)(COC(=O)C12CC3CC4CC(C1)C432)COS(=O)(=O)ON1C(=O)N2C[C@H]1CC[C@H]2C(N)=O. The van der Waals surface area contributed by atoms with Crippen LogP contribution in [0.2, 0.25) is 0 Å². The largest absolute Gasteiger partial charge is 0.465 e. The highest BCUT2D eigenvalue weighted by molar-refractivity contribution is 7.81. The molecule has 2 N–H and O–H groups in total. The molecule has 188 valence electrons. The number of hydrogen-bond donors (Lipinski definition) is 1. The van der Waals surface area contributed by atoms with Crippen molar-refractivity contribution in [3.8, 4) is 0 Å². The standard InChI is InChI=1S/C22H31N3O8S/c1-20(2,10-31-18(27)21-7-13-5-12-6-14(8-21)22(12,13)21)11-32-34(29,30)33-25-15-3-4-16(17(23)26)24(9-15)19(25)28/h12-16H,3-11H2,1-2H3,(H2,23,26)/t12?,13?,14?,15-,16+,21?,22?/m1/s1. The second kappa shape index (κ2) is 6.85. The first kappa shape index (κ1) is 22.5. The van der Waals surface area contributed by atoms with Gasteiger partial charge in [0.25, 0.3) is 0 Å². The number of hydrogen-bond acceptors (Lipinski definition) is 8. The normalized spacial score (nSPS) is 41.4. The third-order valence-electron chi connectivity index (χ3n) is 9.58. The molecule has 2 aliphatic heterocycles. The molecule has 0 aromatic carbocycles. The van der Waals surface area contributed by atoms with Crippen LogP contribution in [0, 0.1) is 34.0 Å². The van der Waals surface area contributed by atoms with E-state index in [4.69, 9.17) is 18.9 Å². The molecule has 6 fully saturated rings. The lowest BCUT2D eigenvalue weighted by Gasteiger charge is -2.89. The van der Waals surface area contributed by atoms with Gasteiger partial charge in [0.05, 0.1) is 24.7 Å². The molecule has 2 heterocycles. The van der Waals surface area contributed by atoms with Crippen molar-refractivity contribution in [3.05, 3.63) is 0 Å². The van der Waals surface area contributed by atoms with Gasteiger partial charge >= 0.3 is 22.4 Å². The fourth-order valence-electron chi connectivity index (χ4n) is 8.10. The minimum Gasteiger partial charge on any atom is -0.465 e. The first-order valence-corrected chi connectivity index (χ1v) is 13.4. The zero-order valence-electron chi connectivity index (χ0n) is 19.4. The molecule has 1 spiro atoms. The van der Waals surface area contributed by atoms with E-state index in [0.29, 0.717) is 30.6 Å². The fraction of sp³-hybridized carbons (Fsp3) is 0.864. The summed E-state index contributed by atoms with van der Waals surface area (Å²) in [6.07, 6.45) is 5.09. The lowest BCUT2D eigenvalue weighted by molar-refractivity contribution is -0.418. The monoisotopic (exact) mass is 497 g/mol. The van der Waals surface area contributed by atoms with Crippen molar-refractivity contribution < 1.29 is 36.0 Å². The molecule has 0 aromatic rings.